The van der Waals surface area contributed by atoms with Gasteiger partial charge in [-0.25, -0.2) is 9.59 Å². The van der Waals surface area contributed by atoms with Crippen LogP contribution in [0, 0.1) is 0 Å². The first kappa shape index (κ1) is 25.4. The number of carbonyl (C=O) groups is 2. The minimum absolute atomic E-state index is 0.272. The highest BCUT2D eigenvalue weighted by molar-refractivity contribution is 8.17. The van der Waals surface area contributed by atoms with E-state index in [0.29, 0.717) is 11.3 Å². The van der Waals surface area contributed by atoms with Crippen LogP contribution >= 0.6 is 6.26 Å². The van der Waals surface area contributed by atoms with Gasteiger partial charge >= 0.3 is 11.9 Å². The molecule has 0 fully saturated rings. The predicted molar refractivity (Wildman–Crippen MR) is 147 cm³/mol. The van der Waals surface area contributed by atoms with Gasteiger partial charge in [0, 0.05) is 35.0 Å². The highest BCUT2D eigenvalue weighted by atomic mass is 32.4. The zero-order valence-electron chi connectivity index (χ0n) is 20.1. The van der Waals surface area contributed by atoms with Gasteiger partial charge in [-0.15, -0.1) is 0 Å². The van der Waals surface area contributed by atoms with Crippen molar-refractivity contribution in [3.8, 4) is 5.75 Å². The van der Waals surface area contributed by atoms with Gasteiger partial charge in [-0.2, -0.15) is 0 Å². The average molecular weight is 520 g/mol. The van der Waals surface area contributed by atoms with Crippen LogP contribution in [0.15, 0.2) is 96.0 Å². The lowest BCUT2D eigenvalue weighted by atomic mass is 9.84. The van der Waals surface area contributed by atoms with Crippen molar-refractivity contribution in [3.63, 3.8) is 0 Å². The number of nitrogens with zero attached hydrogens (tertiary/aromatic N) is 1. The van der Waals surface area contributed by atoms with Crippen LogP contribution in [0.2, 0.25) is 0 Å². The topological polar surface area (TPSA) is 87.1 Å². The molecule has 184 valence electrons. The molecule has 1 aliphatic heterocycles. The molecule has 4 rings (SSSR count). The van der Waals surface area contributed by atoms with Crippen LogP contribution in [-0.4, -0.2) is 29.2 Å². The summed E-state index contributed by atoms with van der Waals surface area (Å²) in [6.07, 6.45) is -1.63. The van der Waals surface area contributed by atoms with E-state index in [1.165, 1.54) is 5.56 Å². The number of anilines is 1. The minimum Gasteiger partial charge on any atom is -0.477 e. The van der Waals surface area contributed by atoms with Gasteiger partial charge in [-0.3, -0.25) is 0 Å². The largest absolute Gasteiger partial charge is 0.477 e. The summed E-state index contributed by atoms with van der Waals surface area (Å²) in [7, 11) is 2.04. The van der Waals surface area contributed by atoms with Crippen molar-refractivity contribution in [3.05, 3.63) is 107 Å². The summed E-state index contributed by atoms with van der Waals surface area (Å²) in [5.74, 6) is -0.408. The zero-order valence-corrected chi connectivity index (χ0v) is 21.8. The van der Waals surface area contributed by atoms with Crippen molar-refractivity contribution in [2.45, 2.75) is 19.3 Å². The average Bonchev–Trinajstić information content (AvgIpc) is 3.04. The van der Waals surface area contributed by atoms with E-state index in [-0.39, 0.29) is 5.41 Å². The van der Waals surface area contributed by atoms with Crippen molar-refractivity contribution in [1.82, 2.24) is 0 Å². The Morgan fingerprint density at radius 2 is 1.50 bits per heavy atom. The van der Waals surface area contributed by atoms with E-state index in [1.807, 2.05) is 49.5 Å². The van der Waals surface area contributed by atoms with Crippen LogP contribution in [0.4, 0.5) is 5.69 Å². The second-order valence-corrected chi connectivity index (χ2v) is 12.8. The van der Waals surface area contributed by atoms with E-state index in [0.717, 1.165) is 22.8 Å². The molecule has 3 aromatic carbocycles. The second-order valence-electron chi connectivity index (χ2n) is 8.98. The minimum atomic E-state index is -2.74. The van der Waals surface area contributed by atoms with E-state index >= 15 is 0 Å². The van der Waals surface area contributed by atoms with Crippen LogP contribution in [0.3, 0.4) is 0 Å². The van der Waals surface area contributed by atoms with E-state index in [4.69, 9.17) is 26.5 Å². The summed E-state index contributed by atoms with van der Waals surface area (Å²) < 4.78 is 6.51. The van der Waals surface area contributed by atoms with Gasteiger partial charge in [0.2, 0.25) is 0 Å². The molecule has 1 unspecified atom stereocenters. The number of carboxylic acid groups (broad SMARTS) is 2. The fourth-order valence-corrected chi connectivity index (χ4v) is 7.41. The number of rotatable bonds is 7. The molecular formula is C28H26NO5PS. The highest BCUT2D eigenvalue weighted by Crippen LogP contribution is 2.55. The Morgan fingerprint density at radius 3 is 2.08 bits per heavy atom. The quantitative estimate of drug-likeness (QED) is 0.182. The van der Waals surface area contributed by atoms with Crippen LogP contribution in [0.25, 0.3) is 6.08 Å². The lowest BCUT2D eigenvalue weighted by Crippen LogP contribution is -2.24. The van der Waals surface area contributed by atoms with Crippen LogP contribution in [0.1, 0.15) is 25.0 Å². The third-order valence-electron chi connectivity index (χ3n) is 6.24. The fourth-order valence-electron chi connectivity index (χ4n) is 4.34. The summed E-state index contributed by atoms with van der Waals surface area (Å²) in [6, 6.07) is 24.6. The molecule has 1 atom stereocenters. The maximum atomic E-state index is 11.2. The van der Waals surface area contributed by atoms with Crippen molar-refractivity contribution < 1.29 is 24.3 Å². The van der Waals surface area contributed by atoms with Crippen LogP contribution < -0.4 is 14.7 Å². The van der Waals surface area contributed by atoms with E-state index in [1.54, 1.807) is 24.3 Å². The predicted octanol–water partition coefficient (Wildman–Crippen LogP) is 5.61. The molecule has 36 heavy (non-hydrogen) atoms. The normalized spacial score (nSPS) is 16.6. The summed E-state index contributed by atoms with van der Waals surface area (Å²) in [5, 5.41) is 19.1. The number of allylic oxidation sites excluding steroid dienone is 1. The summed E-state index contributed by atoms with van der Waals surface area (Å²) >= 11 is 6.24. The van der Waals surface area contributed by atoms with Gasteiger partial charge in [-0.05, 0) is 47.2 Å². The Balaban J connectivity index is 1.75. The first-order valence-corrected chi connectivity index (χ1v) is 14.0. The number of likely N-dealkylation sites (N-methyl/N-ethyl adjacent to an activating group) is 1. The van der Waals surface area contributed by atoms with Crippen molar-refractivity contribution >= 4 is 47.1 Å². The number of carboxylic acids is 2. The Hall–Kier alpha value is -3.67. The number of fused-ring (bicyclic) bond motifs is 1. The molecule has 0 radical (unpaired) electrons. The first-order chi connectivity index (χ1) is 17.0. The van der Waals surface area contributed by atoms with E-state index in [2.05, 4.69) is 36.7 Å². The molecule has 3 aromatic rings. The van der Waals surface area contributed by atoms with Gasteiger partial charge in [0.1, 0.15) is 11.3 Å². The molecule has 0 bridgehead atoms. The third kappa shape index (κ3) is 4.85. The molecule has 2 N–H and O–H groups in total. The van der Waals surface area contributed by atoms with Gasteiger partial charge < -0.3 is 19.6 Å². The van der Waals surface area contributed by atoms with Gasteiger partial charge in [-0.1, -0.05) is 74.5 Å². The molecule has 1 heterocycles. The van der Waals surface area contributed by atoms with Gasteiger partial charge in [0.15, 0.2) is 6.26 Å². The maximum absolute atomic E-state index is 11.2. The van der Waals surface area contributed by atoms with Crippen LogP contribution in [0.5, 0.6) is 5.75 Å². The molecular weight excluding hydrogens is 493 g/mol. The highest BCUT2D eigenvalue weighted by Gasteiger charge is 2.40. The second kappa shape index (κ2) is 9.76. The maximum Gasteiger partial charge on any atom is 0.343 e. The number of aliphatic carboxylic acids is 2. The molecule has 0 saturated carbocycles. The van der Waals surface area contributed by atoms with E-state index < -0.39 is 23.8 Å². The monoisotopic (exact) mass is 519 g/mol. The first-order valence-electron chi connectivity index (χ1n) is 11.2. The lowest BCUT2D eigenvalue weighted by Gasteiger charge is -2.28. The number of hydrogen-bond acceptors (Lipinski definition) is 5. The van der Waals surface area contributed by atoms with Gasteiger partial charge in [0.05, 0.1) is 0 Å². The summed E-state index contributed by atoms with van der Waals surface area (Å²) in [4.78, 5) is 24.5. The molecule has 6 nitrogen and oxygen atoms in total. The molecule has 0 aromatic heterocycles. The standard InChI is InChI=1S/C28H26NO5PS/c1-28(2)23-11-7-8-12-24(23)29(3)25(28)18-35(36,21-9-5-4-6-10-21)34-20-15-13-19(14-16-20)17-22(26(30)31)27(32)33/h4-18H,1-3H3,(H,30,31)(H,32,33)/b25-18-. The van der Waals surface area contributed by atoms with Crippen molar-refractivity contribution in [1.29, 1.82) is 0 Å². The summed E-state index contributed by atoms with van der Waals surface area (Å²) in [5.41, 5.74) is 2.86. The molecule has 0 amide bonds. The Labute approximate surface area is 215 Å². The van der Waals surface area contributed by atoms with E-state index in [9.17, 15) is 9.59 Å². The fraction of sp³-hybridized carbons (Fsp3) is 0.143. The Kier molecular flexibility index (Phi) is 6.90. The molecule has 1 aliphatic rings. The third-order valence-corrected chi connectivity index (χ3v) is 9.50. The summed E-state index contributed by atoms with van der Waals surface area (Å²) in [6.45, 7) is 4.35. The van der Waals surface area contributed by atoms with Gasteiger partial charge in [0.25, 0.3) is 0 Å². The number of hydrogen-bond donors (Lipinski definition) is 2. The Morgan fingerprint density at radius 1 is 0.917 bits per heavy atom. The zero-order chi connectivity index (χ0) is 26.1. The SMILES string of the molecule is CN1/C(=C\P(=S)(Oc2ccc(C=C(C(=O)O)C(=O)O)cc2)c2ccccc2)C(C)(C)c2ccccc21. The number of para-hydroxylation sites is 1. The lowest BCUT2D eigenvalue weighted by molar-refractivity contribution is -0.140. The molecule has 0 saturated heterocycles. The van der Waals surface area contributed by atoms with Crippen LogP contribution in [-0.2, 0) is 26.8 Å². The Bertz CT molecular complexity index is 1410. The van der Waals surface area contributed by atoms with Crippen molar-refractivity contribution in [2.24, 2.45) is 0 Å². The molecule has 0 aliphatic carbocycles. The molecule has 0 spiro atoms. The number of benzene rings is 3. The smallest absolute Gasteiger partial charge is 0.343 e. The van der Waals surface area contributed by atoms with Crippen molar-refractivity contribution in [2.75, 3.05) is 11.9 Å². The molecule has 8 heteroatoms.